The van der Waals surface area contributed by atoms with Gasteiger partial charge in [-0.05, 0) is 58.4 Å². The number of hydrogen-bond acceptors (Lipinski definition) is 6. The Morgan fingerprint density at radius 3 is 2.24 bits per heavy atom. The van der Waals surface area contributed by atoms with Crippen molar-refractivity contribution < 1.29 is 28.7 Å². The Hall–Kier alpha value is -3.10. The molecule has 0 bridgehead atoms. The van der Waals surface area contributed by atoms with Crippen LogP contribution in [-0.4, -0.2) is 83.4 Å². The zero-order valence-electron chi connectivity index (χ0n) is 19.8. The van der Waals surface area contributed by atoms with E-state index >= 15 is 0 Å². The normalized spacial score (nSPS) is 19.3. The smallest absolute Gasteiger partial charge is 0.434 e. The van der Waals surface area contributed by atoms with Crippen LogP contribution < -0.4 is 4.74 Å². The lowest BCUT2D eigenvalue weighted by Crippen LogP contribution is -2.44. The van der Waals surface area contributed by atoms with Gasteiger partial charge in [0, 0.05) is 50.2 Å². The van der Waals surface area contributed by atoms with Crippen LogP contribution in [0.4, 0.5) is 4.79 Å². The first-order valence-electron chi connectivity index (χ1n) is 11.4. The first-order chi connectivity index (χ1) is 15.6. The Morgan fingerprint density at radius 1 is 1.00 bits per heavy atom. The molecule has 2 aliphatic rings. The van der Waals surface area contributed by atoms with E-state index in [9.17, 15) is 19.2 Å². The predicted molar refractivity (Wildman–Crippen MR) is 121 cm³/mol. The molecule has 2 saturated heterocycles. The summed E-state index contributed by atoms with van der Waals surface area (Å²) in [5.41, 5.74) is 0.179. The molecule has 0 aliphatic carbocycles. The number of likely N-dealkylation sites (tertiary alicyclic amines) is 1. The summed E-state index contributed by atoms with van der Waals surface area (Å²) in [6, 6.07) is 6.32. The van der Waals surface area contributed by atoms with Gasteiger partial charge in [0.25, 0.3) is 5.91 Å². The molecule has 0 spiro atoms. The second-order valence-corrected chi connectivity index (χ2v) is 9.36. The Labute approximate surface area is 194 Å². The van der Waals surface area contributed by atoms with Crippen LogP contribution in [0.5, 0.6) is 5.75 Å². The molecule has 0 saturated carbocycles. The molecule has 1 unspecified atom stereocenters. The van der Waals surface area contributed by atoms with E-state index in [1.54, 1.807) is 45.9 Å². The molecule has 2 fully saturated rings. The lowest BCUT2D eigenvalue weighted by atomic mass is 10.1. The van der Waals surface area contributed by atoms with E-state index < -0.39 is 6.16 Å². The zero-order valence-corrected chi connectivity index (χ0v) is 19.8. The second kappa shape index (κ2) is 10.2. The molecule has 1 atom stereocenters. The predicted octanol–water partition coefficient (Wildman–Crippen LogP) is 2.54. The fourth-order valence-electron chi connectivity index (χ4n) is 4.21. The molecular weight excluding hydrogens is 426 g/mol. The number of hydrogen-bond donors (Lipinski definition) is 0. The van der Waals surface area contributed by atoms with Crippen molar-refractivity contribution in [3.63, 3.8) is 0 Å². The van der Waals surface area contributed by atoms with E-state index in [4.69, 9.17) is 9.47 Å². The van der Waals surface area contributed by atoms with Gasteiger partial charge < -0.3 is 24.2 Å². The average molecular weight is 460 g/mol. The molecule has 1 aromatic rings. The monoisotopic (exact) mass is 459 g/mol. The molecule has 9 heteroatoms. The summed E-state index contributed by atoms with van der Waals surface area (Å²) in [4.78, 5) is 55.1. The van der Waals surface area contributed by atoms with E-state index in [1.165, 1.54) is 0 Å². The quantitative estimate of drug-likeness (QED) is 0.507. The molecule has 0 radical (unpaired) electrons. The first-order valence-corrected chi connectivity index (χ1v) is 11.4. The number of benzene rings is 1. The van der Waals surface area contributed by atoms with Gasteiger partial charge in [0.2, 0.25) is 11.8 Å². The minimum Gasteiger partial charge on any atom is -0.434 e. The summed E-state index contributed by atoms with van der Waals surface area (Å²) in [7, 11) is 0. The van der Waals surface area contributed by atoms with Gasteiger partial charge in [-0.3, -0.25) is 14.4 Å². The lowest BCUT2D eigenvalue weighted by molar-refractivity contribution is -0.135. The van der Waals surface area contributed by atoms with Crippen LogP contribution in [0.25, 0.3) is 0 Å². The lowest BCUT2D eigenvalue weighted by Gasteiger charge is -2.32. The summed E-state index contributed by atoms with van der Waals surface area (Å²) < 4.78 is 9.76. The van der Waals surface area contributed by atoms with Crippen molar-refractivity contribution in [1.29, 1.82) is 0 Å². The minimum atomic E-state index is -0.788. The summed E-state index contributed by atoms with van der Waals surface area (Å²) in [5, 5.41) is 0. The van der Waals surface area contributed by atoms with Gasteiger partial charge in [-0.15, -0.1) is 0 Å². The first kappa shape index (κ1) is 24.5. The fourth-order valence-corrected chi connectivity index (χ4v) is 4.21. The van der Waals surface area contributed by atoms with Gasteiger partial charge in [-0.25, -0.2) is 4.79 Å². The maximum absolute atomic E-state index is 13.1. The van der Waals surface area contributed by atoms with E-state index in [0.29, 0.717) is 50.5 Å². The van der Waals surface area contributed by atoms with Gasteiger partial charge in [0.15, 0.2) is 0 Å². The third-order valence-electron chi connectivity index (χ3n) is 5.94. The minimum absolute atomic E-state index is 0.00938. The number of rotatable bonds is 4. The van der Waals surface area contributed by atoms with E-state index in [-0.39, 0.29) is 42.2 Å². The van der Waals surface area contributed by atoms with Crippen LogP contribution in [-0.2, 0) is 14.3 Å². The van der Waals surface area contributed by atoms with Crippen molar-refractivity contribution in [3.8, 4) is 5.75 Å². The van der Waals surface area contributed by atoms with Crippen LogP contribution >= 0.6 is 0 Å². The Balaban J connectivity index is 1.56. The van der Waals surface area contributed by atoms with Crippen molar-refractivity contribution in [2.45, 2.75) is 46.1 Å². The highest BCUT2D eigenvalue weighted by molar-refractivity contribution is 5.94. The Morgan fingerprint density at radius 2 is 1.64 bits per heavy atom. The number of carbonyl (C=O) groups excluding carboxylic acids is 4. The number of ether oxygens (including phenoxy) is 2. The summed E-state index contributed by atoms with van der Waals surface area (Å²) in [6.45, 7) is 10.2. The van der Waals surface area contributed by atoms with Crippen molar-refractivity contribution in [1.82, 2.24) is 14.7 Å². The standard InChI is InChI=1S/C24H33N3O6/c1-5-32-23(31)33-19-9-7-17(8-10-19)21(29)25-11-6-12-26(14-13-25)22(30)18-15-20(28)27(16-18)24(2,3)4/h7-10,18H,5-6,11-16H2,1-4H3. The summed E-state index contributed by atoms with van der Waals surface area (Å²) in [6.07, 6.45) is 0.129. The van der Waals surface area contributed by atoms with E-state index in [2.05, 4.69) is 0 Å². The average Bonchev–Trinajstić information content (AvgIpc) is 3.00. The number of amides is 3. The fraction of sp³-hybridized carbons (Fsp3) is 0.583. The Kier molecular flexibility index (Phi) is 7.61. The van der Waals surface area contributed by atoms with Crippen LogP contribution in [0.3, 0.4) is 0 Å². The molecule has 2 heterocycles. The van der Waals surface area contributed by atoms with Crippen molar-refractivity contribution in [2.24, 2.45) is 5.92 Å². The van der Waals surface area contributed by atoms with Crippen molar-refractivity contribution in [3.05, 3.63) is 29.8 Å². The van der Waals surface area contributed by atoms with E-state index in [1.807, 2.05) is 20.8 Å². The van der Waals surface area contributed by atoms with Crippen LogP contribution in [0.2, 0.25) is 0 Å². The summed E-state index contributed by atoms with van der Waals surface area (Å²) in [5.74, 6) is -0.159. The van der Waals surface area contributed by atoms with Crippen LogP contribution in [0.1, 0.15) is 50.9 Å². The number of carbonyl (C=O) groups is 4. The molecule has 0 aromatic heterocycles. The topological polar surface area (TPSA) is 96.5 Å². The van der Waals surface area contributed by atoms with Gasteiger partial charge >= 0.3 is 6.16 Å². The highest BCUT2D eigenvalue weighted by Gasteiger charge is 2.41. The second-order valence-electron chi connectivity index (χ2n) is 9.36. The van der Waals surface area contributed by atoms with Crippen molar-refractivity contribution >= 4 is 23.9 Å². The molecule has 3 amide bonds. The Bertz CT molecular complexity index is 892. The van der Waals surface area contributed by atoms with Crippen LogP contribution in [0, 0.1) is 5.92 Å². The highest BCUT2D eigenvalue weighted by atomic mass is 16.7. The molecular formula is C24H33N3O6. The molecule has 9 nitrogen and oxygen atoms in total. The molecule has 2 aliphatic heterocycles. The molecule has 1 aromatic carbocycles. The summed E-state index contributed by atoms with van der Waals surface area (Å²) >= 11 is 0. The van der Waals surface area contributed by atoms with Gasteiger partial charge in [0.05, 0.1) is 12.5 Å². The zero-order chi connectivity index (χ0) is 24.2. The highest BCUT2D eigenvalue weighted by Crippen LogP contribution is 2.27. The van der Waals surface area contributed by atoms with Gasteiger partial charge in [-0.1, -0.05) is 0 Å². The molecule has 0 N–H and O–H groups in total. The maximum Gasteiger partial charge on any atom is 0.513 e. The van der Waals surface area contributed by atoms with Crippen molar-refractivity contribution in [2.75, 3.05) is 39.3 Å². The van der Waals surface area contributed by atoms with Gasteiger partial charge in [-0.2, -0.15) is 0 Å². The van der Waals surface area contributed by atoms with E-state index in [0.717, 1.165) is 0 Å². The third-order valence-corrected chi connectivity index (χ3v) is 5.94. The van der Waals surface area contributed by atoms with Gasteiger partial charge in [0.1, 0.15) is 5.75 Å². The number of nitrogens with zero attached hydrogens (tertiary/aromatic N) is 3. The maximum atomic E-state index is 13.1. The largest absolute Gasteiger partial charge is 0.513 e. The molecule has 33 heavy (non-hydrogen) atoms. The van der Waals surface area contributed by atoms with Crippen LogP contribution in [0.15, 0.2) is 24.3 Å². The molecule has 3 rings (SSSR count). The molecule has 180 valence electrons. The third kappa shape index (κ3) is 6.03. The SMILES string of the molecule is CCOC(=O)Oc1ccc(C(=O)N2CCCN(C(=O)C3CC(=O)N(C(C)(C)C)C3)CC2)cc1.